The minimum absolute atomic E-state index is 0.472. The third-order valence-corrected chi connectivity index (χ3v) is 0.953. The summed E-state index contributed by atoms with van der Waals surface area (Å²) in [5.41, 5.74) is 0. The van der Waals surface area contributed by atoms with E-state index in [0.29, 0.717) is 11.0 Å². The number of hydrogen-bond donors (Lipinski definition) is 1. The number of nitrogens with zero attached hydrogens (tertiary/aromatic N) is 1. The minimum atomic E-state index is 0.472. The van der Waals surface area contributed by atoms with Crippen LogP contribution in [0.1, 0.15) is 5.82 Å². The molecular formula is C5H5ClN2. The number of halogens is 1. The topological polar surface area (TPSA) is 28.7 Å². The van der Waals surface area contributed by atoms with Gasteiger partial charge in [-0.2, -0.15) is 0 Å². The molecule has 1 N–H and O–H groups in total. The predicted octanol–water partition coefficient (Wildman–Crippen LogP) is 1.71. The lowest BCUT2D eigenvalue weighted by Gasteiger charge is -1.73. The maximum Gasteiger partial charge on any atom is 0.147 e. The Balaban J connectivity index is 3.00. The number of hydrogen-bond acceptors (Lipinski definition) is 1. The van der Waals surface area contributed by atoms with Gasteiger partial charge in [-0.3, -0.25) is 0 Å². The molecule has 1 aromatic heterocycles. The van der Waals surface area contributed by atoms with E-state index in [4.69, 9.17) is 11.6 Å². The van der Waals surface area contributed by atoms with E-state index >= 15 is 0 Å². The zero-order chi connectivity index (χ0) is 5.98. The average molecular weight is 129 g/mol. The van der Waals surface area contributed by atoms with Crippen molar-refractivity contribution in [1.82, 2.24) is 9.97 Å². The van der Waals surface area contributed by atoms with Gasteiger partial charge in [0.15, 0.2) is 0 Å². The van der Waals surface area contributed by atoms with Crippen LogP contribution in [0.4, 0.5) is 0 Å². The van der Waals surface area contributed by atoms with E-state index in [1.165, 1.54) is 0 Å². The number of H-pyrrole nitrogens is 1. The molecule has 8 heavy (non-hydrogen) atoms. The quantitative estimate of drug-likeness (QED) is 0.613. The van der Waals surface area contributed by atoms with Crippen molar-refractivity contribution in [1.29, 1.82) is 0 Å². The Morgan fingerprint density at radius 2 is 2.62 bits per heavy atom. The van der Waals surface area contributed by atoms with Gasteiger partial charge < -0.3 is 4.98 Å². The first-order valence-corrected chi connectivity index (χ1v) is 2.54. The highest BCUT2D eigenvalue weighted by Crippen LogP contribution is 2.02. The molecule has 1 rings (SSSR count). The van der Waals surface area contributed by atoms with Crippen LogP contribution in [0.25, 0.3) is 6.08 Å². The zero-order valence-electron chi connectivity index (χ0n) is 4.19. The Bertz CT molecular complexity index is 192. The van der Waals surface area contributed by atoms with Crippen LogP contribution in [0, 0.1) is 0 Å². The molecule has 0 atom stereocenters. The van der Waals surface area contributed by atoms with E-state index in [9.17, 15) is 0 Å². The molecule has 0 spiro atoms. The summed E-state index contributed by atoms with van der Waals surface area (Å²) in [6, 6.07) is 0. The van der Waals surface area contributed by atoms with Crippen LogP contribution in [-0.4, -0.2) is 9.97 Å². The van der Waals surface area contributed by atoms with Gasteiger partial charge in [-0.05, 0) is 6.08 Å². The molecule has 0 unspecified atom stereocenters. The predicted molar refractivity (Wildman–Crippen MR) is 33.7 cm³/mol. The third kappa shape index (κ3) is 0.898. The van der Waals surface area contributed by atoms with Gasteiger partial charge in [0, 0.05) is 6.20 Å². The fraction of sp³-hybridized carbons (Fsp3) is 0. The first-order chi connectivity index (χ1) is 3.83. The molecule has 2 nitrogen and oxygen atoms in total. The second kappa shape index (κ2) is 2.01. The first kappa shape index (κ1) is 5.38. The molecular weight excluding hydrogens is 124 g/mol. The molecule has 0 aliphatic heterocycles. The third-order valence-electron chi connectivity index (χ3n) is 0.760. The van der Waals surface area contributed by atoms with Gasteiger partial charge in [0.25, 0.3) is 0 Å². The van der Waals surface area contributed by atoms with E-state index in [-0.39, 0.29) is 0 Å². The molecule has 0 aliphatic carbocycles. The van der Waals surface area contributed by atoms with Crippen molar-refractivity contribution < 1.29 is 0 Å². The van der Waals surface area contributed by atoms with Crippen LogP contribution >= 0.6 is 11.6 Å². The summed E-state index contributed by atoms with van der Waals surface area (Å²) in [6.45, 7) is 3.49. The fourth-order valence-corrected chi connectivity index (χ4v) is 0.563. The van der Waals surface area contributed by atoms with Gasteiger partial charge in [-0.1, -0.05) is 18.2 Å². The van der Waals surface area contributed by atoms with Crippen molar-refractivity contribution in [2.24, 2.45) is 0 Å². The van der Waals surface area contributed by atoms with E-state index < -0.39 is 0 Å². The van der Waals surface area contributed by atoms with Gasteiger partial charge >= 0.3 is 0 Å². The minimum Gasteiger partial charge on any atom is -0.344 e. The lowest BCUT2D eigenvalue weighted by Crippen LogP contribution is -1.69. The van der Waals surface area contributed by atoms with Crippen molar-refractivity contribution in [2.75, 3.05) is 0 Å². The van der Waals surface area contributed by atoms with Crippen molar-refractivity contribution in [3.05, 3.63) is 23.8 Å². The fourth-order valence-electron chi connectivity index (χ4n) is 0.418. The number of aromatic amines is 1. The maximum atomic E-state index is 5.45. The molecule has 0 radical (unpaired) electrons. The monoisotopic (exact) mass is 128 g/mol. The molecule has 0 saturated carbocycles. The van der Waals surface area contributed by atoms with Crippen LogP contribution in [0.2, 0.25) is 5.15 Å². The Morgan fingerprint density at radius 1 is 1.88 bits per heavy atom. The number of aromatic nitrogens is 2. The zero-order valence-corrected chi connectivity index (χ0v) is 4.94. The molecule has 42 valence electrons. The highest BCUT2D eigenvalue weighted by atomic mass is 35.5. The number of nitrogens with one attached hydrogen (secondary N) is 1. The summed E-state index contributed by atoms with van der Waals surface area (Å²) in [6.07, 6.45) is 3.21. The molecule has 0 bridgehead atoms. The summed E-state index contributed by atoms with van der Waals surface area (Å²) in [7, 11) is 0. The first-order valence-electron chi connectivity index (χ1n) is 2.16. The van der Waals surface area contributed by atoms with Crippen LogP contribution in [-0.2, 0) is 0 Å². The van der Waals surface area contributed by atoms with Crippen molar-refractivity contribution >= 4 is 17.7 Å². The molecule has 0 aliphatic rings. The highest BCUT2D eigenvalue weighted by Gasteiger charge is 1.89. The smallest absolute Gasteiger partial charge is 0.147 e. The van der Waals surface area contributed by atoms with Gasteiger partial charge in [0.1, 0.15) is 11.0 Å². The molecule has 0 saturated heterocycles. The molecule has 0 amide bonds. The summed E-state index contributed by atoms with van der Waals surface area (Å²) in [4.78, 5) is 6.61. The van der Waals surface area contributed by atoms with Crippen molar-refractivity contribution in [2.45, 2.75) is 0 Å². The van der Waals surface area contributed by atoms with Crippen LogP contribution in [0.3, 0.4) is 0 Å². The normalized spacial score (nSPS) is 9.12. The second-order valence-corrected chi connectivity index (χ2v) is 1.70. The largest absolute Gasteiger partial charge is 0.344 e. The molecule has 0 fully saturated rings. The molecule has 1 aromatic rings. The SMILES string of the molecule is C=Cc1nc(Cl)c[nH]1. The standard InChI is InChI=1S/C5H5ClN2/c1-2-5-7-3-4(6)8-5/h2-3H,1H2,(H,7,8). The lowest BCUT2D eigenvalue weighted by molar-refractivity contribution is 1.27. The molecule has 3 heteroatoms. The Labute approximate surface area is 52.2 Å². The van der Waals surface area contributed by atoms with E-state index in [1.807, 2.05) is 0 Å². The Hall–Kier alpha value is -0.760. The van der Waals surface area contributed by atoms with Crippen molar-refractivity contribution in [3.8, 4) is 0 Å². The van der Waals surface area contributed by atoms with E-state index in [2.05, 4.69) is 16.5 Å². The van der Waals surface area contributed by atoms with Gasteiger partial charge in [-0.15, -0.1) is 0 Å². The lowest BCUT2D eigenvalue weighted by atomic mass is 10.6. The number of imidazole rings is 1. The van der Waals surface area contributed by atoms with E-state index in [0.717, 1.165) is 0 Å². The average Bonchev–Trinajstić information content (AvgIpc) is 2.14. The highest BCUT2D eigenvalue weighted by molar-refractivity contribution is 6.29. The van der Waals surface area contributed by atoms with Gasteiger partial charge in [0.2, 0.25) is 0 Å². The van der Waals surface area contributed by atoms with E-state index in [1.54, 1.807) is 12.3 Å². The summed E-state index contributed by atoms with van der Waals surface area (Å²) in [5.74, 6) is 0.704. The van der Waals surface area contributed by atoms with Crippen molar-refractivity contribution in [3.63, 3.8) is 0 Å². The van der Waals surface area contributed by atoms with Crippen LogP contribution < -0.4 is 0 Å². The molecule has 1 heterocycles. The summed E-state index contributed by atoms with van der Waals surface area (Å²) < 4.78 is 0. The summed E-state index contributed by atoms with van der Waals surface area (Å²) in [5, 5.41) is 0.472. The summed E-state index contributed by atoms with van der Waals surface area (Å²) >= 11 is 5.45. The Kier molecular flexibility index (Phi) is 1.35. The Morgan fingerprint density at radius 3 is 2.88 bits per heavy atom. The van der Waals surface area contributed by atoms with Crippen LogP contribution in [0.5, 0.6) is 0 Å². The molecule has 0 aromatic carbocycles. The number of rotatable bonds is 1. The maximum absolute atomic E-state index is 5.45. The second-order valence-electron chi connectivity index (χ2n) is 1.31. The van der Waals surface area contributed by atoms with Crippen LogP contribution in [0.15, 0.2) is 12.8 Å². The van der Waals surface area contributed by atoms with Gasteiger partial charge in [0.05, 0.1) is 0 Å². The van der Waals surface area contributed by atoms with Gasteiger partial charge in [-0.25, -0.2) is 4.98 Å².